The van der Waals surface area contributed by atoms with Crippen molar-refractivity contribution >= 4 is 11.5 Å². The topological polar surface area (TPSA) is 83.5 Å². The number of fused-ring (bicyclic) bond motifs is 2. The van der Waals surface area contributed by atoms with E-state index in [-0.39, 0.29) is 5.69 Å². The highest BCUT2D eigenvalue weighted by atomic mass is 16.5. The van der Waals surface area contributed by atoms with Crippen LogP contribution < -0.4 is 26.4 Å². The lowest BCUT2D eigenvalue weighted by Crippen LogP contribution is -2.44. The Morgan fingerprint density at radius 1 is 1.25 bits per heavy atom. The lowest BCUT2D eigenvalue weighted by molar-refractivity contribution is 0.237. The molecule has 0 saturated carbocycles. The highest BCUT2D eigenvalue weighted by Gasteiger charge is 2.19. The molecule has 2 aliphatic heterocycles. The second-order valence-corrected chi connectivity index (χ2v) is 7.20. The standard InChI is InChI=1S/C20H28N6O2/c1-2-26-14-18-19(24-20(26)27)23-16-12-15(4-5-17(16)28-18)13-22-6-3-9-25-10-7-21-8-11-25/h4-5,12,14,21-22H,2-3,6-11,13H2,1H3,(H,23,24,27). The lowest BCUT2D eigenvalue weighted by atomic mass is 10.1. The Hall–Kier alpha value is -2.42. The fraction of sp³-hybridized carbons (Fsp3) is 0.500. The van der Waals surface area contributed by atoms with Gasteiger partial charge in [-0.3, -0.25) is 4.57 Å². The summed E-state index contributed by atoms with van der Waals surface area (Å²) in [6.07, 6.45) is 2.85. The van der Waals surface area contributed by atoms with E-state index in [1.165, 1.54) is 10.1 Å². The number of ether oxygens (including phenoxy) is 1. The molecule has 2 aliphatic rings. The van der Waals surface area contributed by atoms with Gasteiger partial charge >= 0.3 is 5.69 Å². The Morgan fingerprint density at radius 3 is 2.93 bits per heavy atom. The molecule has 0 aliphatic carbocycles. The van der Waals surface area contributed by atoms with Crippen molar-refractivity contribution in [1.82, 2.24) is 25.1 Å². The first-order valence-electron chi connectivity index (χ1n) is 10.1. The fourth-order valence-electron chi connectivity index (χ4n) is 3.58. The molecule has 1 aromatic carbocycles. The number of anilines is 2. The van der Waals surface area contributed by atoms with Crippen LogP contribution in [0.3, 0.4) is 0 Å². The largest absolute Gasteiger partial charge is 0.450 e. The number of benzene rings is 1. The minimum Gasteiger partial charge on any atom is -0.450 e. The zero-order valence-electron chi connectivity index (χ0n) is 16.3. The van der Waals surface area contributed by atoms with Gasteiger partial charge in [0, 0.05) is 39.3 Å². The van der Waals surface area contributed by atoms with E-state index in [1.807, 2.05) is 13.0 Å². The highest BCUT2D eigenvalue weighted by Crippen LogP contribution is 2.40. The summed E-state index contributed by atoms with van der Waals surface area (Å²) in [5.74, 6) is 1.80. The molecule has 0 atom stereocenters. The van der Waals surface area contributed by atoms with Crippen molar-refractivity contribution in [3.63, 3.8) is 0 Å². The van der Waals surface area contributed by atoms with Crippen molar-refractivity contribution in [1.29, 1.82) is 0 Å². The molecule has 0 amide bonds. The van der Waals surface area contributed by atoms with Crippen LogP contribution in [-0.4, -0.2) is 53.7 Å². The monoisotopic (exact) mass is 384 g/mol. The molecular weight excluding hydrogens is 356 g/mol. The van der Waals surface area contributed by atoms with E-state index < -0.39 is 0 Å². The fourth-order valence-corrected chi connectivity index (χ4v) is 3.58. The number of nitrogens with one attached hydrogen (secondary N) is 3. The van der Waals surface area contributed by atoms with E-state index in [1.54, 1.807) is 6.20 Å². The maximum absolute atomic E-state index is 12.0. The number of nitrogens with zero attached hydrogens (tertiary/aromatic N) is 3. The minimum atomic E-state index is -0.275. The Kier molecular flexibility index (Phi) is 5.90. The third-order valence-corrected chi connectivity index (χ3v) is 5.18. The van der Waals surface area contributed by atoms with Gasteiger partial charge in [-0.05, 0) is 44.1 Å². The first-order chi connectivity index (χ1) is 13.7. The first-order valence-corrected chi connectivity index (χ1v) is 10.1. The summed E-state index contributed by atoms with van der Waals surface area (Å²) in [5.41, 5.74) is 1.74. The summed E-state index contributed by atoms with van der Waals surface area (Å²) in [6, 6.07) is 6.08. The Labute approximate surface area is 164 Å². The van der Waals surface area contributed by atoms with Crippen LogP contribution in [-0.2, 0) is 13.1 Å². The molecular formula is C20H28N6O2. The average Bonchev–Trinajstić information content (AvgIpc) is 2.72. The van der Waals surface area contributed by atoms with Gasteiger partial charge in [0.15, 0.2) is 17.3 Å². The molecule has 0 unspecified atom stereocenters. The molecule has 1 aromatic heterocycles. The van der Waals surface area contributed by atoms with Crippen molar-refractivity contribution in [3.05, 3.63) is 40.4 Å². The predicted octanol–water partition coefficient (Wildman–Crippen LogP) is 1.50. The average molecular weight is 384 g/mol. The van der Waals surface area contributed by atoms with Gasteiger partial charge in [-0.25, -0.2) is 4.79 Å². The predicted molar refractivity (Wildman–Crippen MR) is 110 cm³/mol. The minimum absolute atomic E-state index is 0.275. The van der Waals surface area contributed by atoms with Crippen LogP contribution >= 0.6 is 0 Å². The number of aromatic nitrogens is 2. The van der Waals surface area contributed by atoms with Gasteiger partial charge in [0.1, 0.15) is 0 Å². The molecule has 1 fully saturated rings. The summed E-state index contributed by atoms with van der Waals surface area (Å²) < 4.78 is 7.46. The molecule has 3 heterocycles. The van der Waals surface area contributed by atoms with Crippen LogP contribution in [0.5, 0.6) is 11.5 Å². The van der Waals surface area contributed by atoms with Crippen LogP contribution in [0.25, 0.3) is 0 Å². The van der Waals surface area contributed by atoms with E-state index in [2.05, 4.69) is 38.0 Å². The lowest BCUT2D eigenvalue weighted by Gasteiger charge is -2.27. The van der Waals surface area contributed by atoms with Gasteiger partial charge in [0.2, 0.25) is 0 Å². The van der Waals surface area contributed by atoms with E-state index in [0.717, 1.165) is 63.7 Å². The van der Waals surface area contributed by atoms with Crippen LogP contribution in [0, 0.1) is 0 Å². The van der Waals surface area contributed by atoms with Crippen LogP contribution in [0.2, 0.25) is 0 Å². The van der Waals surface area contributed by atoms with Gasteiger partial charge < -0.3 is 25.6 Å². The molecule has 150 valence electrons. The number of hydrogen-bond donors (Lipinski definition) is 3. The maximum Gasteiger partial charge on any atom is 0.349 e. The summed E-state index contributed by atoms with van der Waals surface area (Å²) in [7, 11) is 0. The Balaban J connectivity index is 1.31. The van der Waals surface area contributed by atoms with E-state index >= 15 is 0 Å². The van der Waals surface area contributed by atoms with Crippen molar-refractivity contribution in [2.45, 2.75) is 26.4 Å². The molecule has 3 N–H and O–H groups in total. The third-order valence-electron chi connectivity index (χ3n) is 5.18. The van der Waals surface area contributed by atoms with E-state index in [0.29, 0.717) is 18.1 Å². The number of aryl methyl sites for hydroxylation is 1. The maximum atomic E-state index is 12.0. The molecule has 4 rings (SSSR count). The van der Waals surface area contributed by atoms with E-state index in [4.69, 9.17) is 4.74 Å². The summed E-state index contributed by atoms with van der Waals surface area (Å²) in [5, 5.41) is 10.1. The van der Waals surface area contributed by atoms with Gasteiger partial charge in [0.25, 0.3) is 0 Å². The van der Waals surface area contributed by atoms with Crippen molar-refractivity contribution in [2.24, 2.45) is 0 Å². The zero-order chi connectivity index (χ0) is 19.3. The summed E-state index contributed by atoms with van der Waals surface area (Å²) >= 11 is 0. The first kappa shape index (κ1) is 18.9. The SMILES string of the molecule is CCn1cc2c(nc1=O)Nc1cc(CNCCCN3CCNCC3)ccc1O2. The van der Waals surface area contributed by atoms with Gasteiger partial charge in [0.05, 0.1) is 11.9 Å². The smallest absolute Gasteiger partial charge is 0.349 e. The van der Waals surface area contributed by atoms with Crippen molar-refractivity contribution < 1.29 is 4.74 Å². The van der Waals surface area contributed by atoms with Gasteiger partial charge in [-0.2, -0.15) is 4.98 Å². The molecule has 0 bridgehead atoms. The third kappa shape index (κ3) is 4.35. The van der Waals surface area contributed by atoms with Crippen LogP contribution in [0.4, 0.5) is 11.5 Å². The molecule has 0 spiro atoms. The Morgan fingerprint density at radius 2 is 2.11 bits per heavy atom. The summed E-state index contributed by atoms with van der Waals surface area (Å²) in [4.78, 5) is 18.6. The second kappa shape index (κ2) is 8.72. The van der Waals surface area contributed by atoms with Crippen molar-refractivity contribution in [3.8, 4) is 11.5 Å². The molecule has 2 aromatic rings. The van der Waals surface area contributed by atoms with Crippen LogP contribution in [0.15, 0.2) is 29.2 Å². The number of rotatable bonds is 7. The molecule has 8 nitrogen and oxygen atoms in total. The Bertz CT molecular complexity index is 875. The zero-order valence-corrected chi connectivity index (χ0v) is 16.3. The molecule has 0 radical (unpaired) electrons. The molecule has 8 heteroatoms. The van der Waals surface area contributed by atoms with Gasteiger partial charge in [-0.15, -0.1) is 0 Å². The number of hydrogen-bond acceptors (Lipinski definition) is 7. The molecule has 1 saturated heterocycles. The molecule has 28 heavy (non-hydrogen) atoms. The quantitative estimate of drug-likeness (QED) is 0.533. The summed E-state index contributed by atoms with van der Waals surface area (Å²) in [6.45, 7) is 9.90. The van der Waals surface area contributed by atoms with E-state index in [9.17, 15) is 4.79 Å². The van der Waals surface area contributed by atoms with Crippen LogP contribution in [0.1, 0.15) is 18.9 Å². The van der Waals surface area contributed by atoms with Gasteiger partial charge in [-0.1, -0.05) is 6.07 Å². The van der Waals surface area contributed by atoms with Crippen molar-refractivity contribution in [2.75, 3.05) is 44.6 Å². The normalized spacial score (nSPS) is 16.0. The highest BCUT2D eigenvalue weighted by molar-refractivity contribution is 5.72. The number of piperazine rings is 1. The second-order valence-electron chi connectivity index (χ2n) is 7.20.